The first kappa shape index (κ1) is 28.8. The minimum atomic E-state index is -4.98. The van der Waals surface area contributed by atoms with E-state index in [0.717, 1.165) is 11.1 Å². The Morgan fingerprint density at radius 3 is 2.13 bits per heavy atom. The number of piperazine rings is 1. The zero-order chi connectivity index (χ0) is 26.2. The van der Waals surface area contributed by atoms with Crippen LogP contribution in [0, 0.1) is 19.3 Å². The van der Waals surface area contributed by atoms with E-state index in [2.05, 4.69) is 30.2 Å². The molecule has 1 amide bonds. The molecule has 1 heterocycles. The van der Waals surface area contributed by atoms with Crippen LogP contribution in [0.5, 0.6) is 0 Å². The standard InChI is InChI=1S/C29H27BF3N2O2.K/c1-3-21-16-22(18-30(31,32)33)20(2)28(17-21)34-12-14-35(15-13-34)29(36)37-19-27-25-10-6-4-8-23(25)24-9-5-7-11-26(24)27;/h1,4-11,16-17,27H,12-15,18-19H2,2H3;/q-1;+1. The summed E-state index contributed by atoms with van der Waals surface area (Å²) in [4.78, 5) is 16.6. The largest absolute Gasteiger partial charge is 1.00 e. The fourth-order valence-electron chi connectivity index (χ4n) is 5.45. The van der Waals surface area contributed by atoms with Gasteiger partial charge < -0.3 is 27.5 Å². The zero-order valence-corrected chi connectivity index (χ0v) is 24.7. The number of benzene rings is 3. The quantitative estimate of drug-likeness (QED) is 0.367. The molecule has 3 aromatic rings. The van der Waals surface area contributed by atoms with E-state index in [0.29, 0.717) is 43.0 Å². The van der Waals surface area contributed by atoms with Crippen molar-refractivity contribution in [1.82, 2.24) is 4.90 Å². The van der Waals surface area contributed by atoms with Gasteiger partial charge in [-0.15, -0.1) is 6.42 Å². The number of hydrogen-bond donors (Lipinski definition) is 0. The first-order valence-corrected chi connectivity index (χ1v) is 12.4. The number of carbonyl (C=O) groups excluding carboxylic acids is 1. The number of hydrogen-bond acceptors (Lipinski definition) is 3. The number of carbonyl (C=O) groups is 1. The zero-order valence-electron chi connectivity index (χ0n) is 21.6. The van der Waals surface area contributed by atoms with E-state index in [1.54, 1.807) is 17.9 Å². The van der Waals surface area contributed by atoms with Gasteiger partial charge >= 0.3 is 64.5 Å². The maximum absolute atomic E-state index is 13.2. The Morgan fingerprint density at radius 1 is 1.00 bits per heavy atom. The van der Waals surface area contributed by atoms with Gasteiger partial charge in [0, 0.05) is 43.3 Å². The van der Waals surface area contributed by atoms with Crippen molar-refractivity contribution >= 4 is 18.8 Å². The minimum Gasteiger partial charge on any atom is -0.449 e. The number of anilines is 1. The van der Waals surface area contributed by atoms with Crippen LogP contribution in [-0.4, -0.2) is 50.8 Å². The van der Waals surface area contributed by atoms with Gasteiger partial charge in [-0.3, -0.25) is 0 Å². The summed E-state index contributed by atoms with van der Waals surface area (Å²) in [6, 6.07) is 19.6. The third-order valence-corrected chi connectivity index (χ3v) is 7.32. The smallest absolute Gasteiger partial charge is 0.449 e. The fourth-order valence-corrected chi connectivity index (χ4v) is 5.45. The van der Waals surface area contributed by atoms with E-state index in [9.17, 15) is 17.7 Å². The average Bonchev–Trinajstić information content (AvgIpc) is 3.21. The van der Waals surface area contributed by atoms with Gasteiger partial charge in [-0.1, -0.05) is 66.3 Å². The van der Waals surface area contributed by atoms with Crippen LogP contribution in [0.2, 0.25) is 0 Å². The summed E-state index contributed by atoms with van der Waals surface area (Å²) < 4.78 is 45.3. The van der Waals surface area contributed by atoms with E-state index in [-0.39, 0.29) is 75.6 Å². The fraction of sp³-hybridized carbons (Fsp3) is 0.276. The molecule has 1 aliphatic heterocycles. The number of nitrogens with zero attached hydrogens (tertiary/aromatic N) is 2. The molecule has 190 valence electrons. The number of ether oxygens (including phenoxy) is 1. The summed E-state index contributed by atoms with van der Waals surface area (Å²) in [6.07, 6.45) is 4.18. The van der Waals surface area contributed by atoms with Crippen molar-refractivity contribution in [1.29, 1.82) is 0 Å². The average molecular weight is 542 g/mol. The van der Waals surface area contributed by atoms with Crippen LogP contribution in [0.4, 0.5) is 23.4 Å². The monoisotopic (exact) mass is 542 g/mol. The molecule has 0 radical (unpaired) electrons. The van der Waals surface area contributed by atoms with Gasteiger partial charge in [0.1, 0.15) is 6.61 Å². The number of rotatable bonds is 5. The van der Waals surface area contributed by atoms with Crippen molar-refractivity contribution in [2.45, 2.75) is 19.2 Å². The predicted octanol–water partition coefficient (Wildman–Crippen LogP) is 2.98. The molecular weight excluding hydrogens is 515 g/mol. The Hall–Kier alpha value is -2.22. The molecule has 0 saturated carbocycles. The van der Waals surface area contributed by atoms with Crippen molar-refractivity contribution < 1.29 is 73.9 Å². The second kappa shape index (κ2) is 11.9. The molecule has 0 N–H and O–H groups in total. The number of amides is 1. The minimum absolute atomic E-state index is 0. The predicted molar refractivity (Wildman–Crippen MR) is 141 cm³/mol. The van der Waals surface area contributed by atoms with Crippen molar-refractivity contribution in [3.05, 3.63) is 88.5 Å². The van der Waals surface area contributed by atoms with E-state index >= 15 is 0 Å². The molecule has 4 nitrogen and oxygen atoms in total. The molecule has 1 saturated heterocycles. The van der Waals surface area contributed by atoms with Gasteiger partial charge in [-0.05, 0) is 46.9 Å². The van der Waals surface area contributed by atoms with Gasteiger partial charge in [0.05, 0.1) is 0 Å². The van der Waals surface area contributed by atoms with Crippen molar-refractivity contribution in [2.24, 2.45) is 0 Å². The molecule has 38 heavy (non-hydrogen) atoms. The van der Waals surface area contributed by atoms with Gasteiger partial charge in [-0.2, -0.15) is 0 Å². The Kier molecular flexibility index (Phi) is 9.00. The molecule has 0 atom stereocenters. The second-order valence-electron chi connectivity index (χ2n) is 9.62. The summed E-state index contributed by atoms with van der Waals surface area (Å²) in [7, 11) is 0. The normalized spacial score (nSPS) is 14.8. The van der Waals surface area contributed by atoms with E-state index < -0.39 is 13.3 Å². The summed E-state index contributed by atoms with van der Waals surface area (Å²) in [5.74, 6) is 2.46. The van der Waals surface area contributed by atoms with Crippen LogP contribution in [0.15, 0.2) is 60.7 Å². The molecule has 0 unspecified atom stereocenters. The Bertz CT molecular complexity index is 1340. The van der Waals surface area contributed by atoms with Crippen molar-refractivity contribution in [3.63, 3.8) is 0 Å². The molecule has 0 spiro atoms. The van der Waals surface area contributed by atoms with E-state index in [4.69, 9.17) is 11.2 Å². The van der Waals surface area contributed by atoms with Crippen LogP contribution in [0.1, 0.15) is 33.7 Å². The van der Waals surface area contributed by atoms with Crippen molar-refractivity contribution in [3.8, 4) is 23.5 Å². The summed E-state index contributed by atoms with van der Waals surface area (Å²) >= 11 is 0. The number of halogens is 3. The summed E-state index contributed by atoms with van der Waals surface area (Å²) in [5.41, 5.74) is 6.55. The van der Waals surface area contributed by atoms with Crippen LogP contribution in [-0.2, 0) is 11.1 Å². The van der Waals surface area contributed by atoms with Gasteiger partial charge in [-0.25, -0.2) is 4.79 Å². The molecule has 0 bridgehead atoms. The van der Waals surface area contributed by atoms with Crippen LogP contribution in [0.25, 0.3) is 11.1 Å². The van der Waals surface area contributed by atoms with Gasteiger partial charge in [0.15, 0.2) is 0 Å². The second-order valence-corrected chi connectivity index (χ2v) is 9.62. The van der Waals surface area contributed by atoms with Gasteiger partial charge in [0.25, 0.3) is 0 Å². The maximum atomic E-state index is 13.2. The molecule has 9 heteroatoms. The molecule has 1 fully saturated rings. The van der Waals surface area contributed by atoms with Crippen molar-refractivity contribution in [2.75, 3.05) is 37.7 Å². The summed E-state index contributed by atoms with van der Waals surface area (Å²) in [5, 5.41) is 0. The Labute approximate surface area is 264 Å². The first-order valence-electron chi connectivity index (χ1n) is 12.4. The van der Waals surface area contributed by atoms with Crippen LogP contribution < -0.4 is 56.3 Å². The van der Waals surface area contributed by atoms with Crippen LogP contribution in [0.3, 0.4) is 0 Å². The van der Waals surface area contributed by atoms with Gasteiger partial charge in [0.2, 0.25) is 0 Å². The third kappa shape index (κ3) is 6.00. The number of fused-ring (bicyclic) bond motifs is 3. The number of terminal acetylenes is 1. The van der Waals surface area contributed by atoms with E-state index in [1.165, 1.54) is 17.2 Å². The molecule has 3 aromatic carbocycles. The third-order valence-electron chi connectivity index (χ3n) is 7.32. The summed E-state index contributed by atoms with van der Waals surface area (Å²) in [6.45, 7) is -1.24. The van der Waals surface area contributed by atoms with E-state index in [1.807, 2.05) is 29.2 Å². The Balaban J connectivity index is 0.00000336. The SMILES string of the molecule is C#Cc1cc(C[B-](F)(F)F)c(C)c(N2CCN(C(=O)OCC3c4ccccc4-c4ccccc43)CC2)c1.[K+]. The molecule has 1 aliphatic carbocycles. The molecule has 5 rings (SSSR count). The first-order chi connectivity index (χ1) is 17.7. The molecule has 0 aromatic heterocycles. The topological polar surface area (TPSA) is 32.8 Å². The van der Waals surface area contributed by atoms with Crippen LogP contribution >= 0.6 is 0 Å². The molecular formula is C29H27BF3KN2O2. The molecule has 2 aliphatic rings. The Morgan fingerprint density at radius 2 is 1.58 bits per heavy atom. The maximum Gasteiger partial charge on any atom is 1.00 e.